The summed E-state index contributed by atoms with van der Waals surface area (Å²) in [6.45, 7) is 0.262. The Labute approximate surface area is 203 Å². The Kier molecular flexibility index (Phi) is 5.89. The van der Waals surface area contributed by atoms with E-state index >= 15 is 0 Å². The van der Waals surface area contributed by atoms with Gasteiger partial charge in [0.15, 0.2) is 0 Å². The predicted octanol–water partition coefficient (Wildman–Crippen LogP) is 7.47. The number of nitro groups is 1. The summed E-state index contributed by atoms with van der Waals surface area (Å²) in [4.78, 5) is 10.6. The maximum absolute atomic E-state index is 13.8. The van der Waals surface area contributed by atoms with Crippen LogP contribution in [0.15, 0.2) is 97.1 Å². The van der Waals surface area contributed by atoms with Crippen molar-refractivity contribution in [3.63, 3.8) is 0 Å². The van der Waals surface area contributed by atoms with Crippen LogP contribution in [-0.2, 0) is 12.7 Å². The first-order chi connectivity index (χ1) is 17.3. The third-order valence-corrected chi connectivity index (χ3v) is 5.62. The molecule has 0 amide bonds. The Hall–Kier alpha value is -4.66. The molecule has 1 heterocycles. The van der Waals surface area contributed by atoms with Gasteiger partial charge in [0.05, 0.1) is 28.8 Å². The van der Waals surface area contributed by atoms with E-state index in [0.717, 1.165) is 11.6 Å². The van der Waals surface area contributed by atoms with Crippen LogP contribution in [0.2, 0.25) is 0 Å². The summed E-state index contributed by atoms with van der Waals surface area (Å²) in [7, 11) is 0. The highest BCUT2D eigenvalue weighted by atomic mass is 19.4. The van der Waals surface area contributed by atoms with Crippen molar-refractivity contribution in [3.05, 3.63) is 118 Å². The molecule has 0 aliphatic heterocycles. The minimum atomic E-state index is -4.56. The number of benzene rings is 4. The molecule has 4 aromatic carbocycles. The van der Waals surface area contributed by atoms with Crippen LogP contribution in [0.3, 0.4) is 0 Å². The molecule has 0 atom stereocenters. The molecule has 5 aromatic rings. The number of ether oxygens (including phenoxy) is 1. The summed E-state index contributed by atoms with van der Waals surface area (Å²) in [6.07, 6.45) is -4.56. The topological polar surface area (TPSA) is 70.2 Å². The van der Waals surface area contributed by atoms with E-state index in [1.807, 2.05) is 30.3 Å². The molecule has 0 N–H and O–H groups in total. The first-order valence-corrected chi connectivity index (χ1v) is 10.9. The van der Waals surface area contributed by atoms with E-state index in [1.54, 1.807) is 41.1 Å². The SMILES string of the molecule is O=[N+]([O-])c1cccc(Oc2cccc(-c3c4cccc(C(F)(F)F)c4nn3Cc3ccccc3)c2)c1. The highest BCUT2D eigenvalue weighted by Crippen LogP contribution is 2.39. The van der Waals surface area contributed by atoms with Gasteiger partial charge in [0.25, 0.3) is 5.69 Å². The van der Waals surface area contributed by atoms with Crippen molar-refractivity contribution < 1.29 is 22.8 Å². The summed E-state index contributed by atoms with van der Waals surface area (Å²) in [5.74, 6) is 0.643. The molecule has 0 fully saturated rings. The van der Waals surface area contributed by atoms with Crippen LogP contribution >= 0.6 is 0 Å². The summed E-state index contributed by atoms with van der Waals surface area (Å²) in [5.41, 5.74) is 0.914. The number of nitro benzene ring substituents is 1. The van der Waals surface area contributed by atoms with E-state index in [4.69, 9.17) is 4.74 Å². The molecule has 5 rings (SSSR count). The molecule has 0 bridgehead atoms. The van der Waals surface area contributed by atoms with Gasteiger partial charge >= 0.3 is 6.18 Å². The van der Waals surface area contributed by atoms with Crippen molar-refractivity contribution in [1.29, 1.82) is 0 Å². The van der Waals surface area contributed by atoms with Crippen LogP contribution in [0.1, 0.15) is 11.1 Å². The molecule has 36 heavy (non-hydrogen) atoms. The lowest BCUT2D eigenvalue weighted by Crippen LogP contribution is -2.06. The van der Waals surface area contributed by atoms with E-state index in [2.05, 4.69) is 5.10 Å². The van der Waals surface area contributed by atoms with Gasteiger partial charge in [-0.2, -0.15) is 18.3 Å². The van der Waals surface area contributed by atoms with Gasteiger partial charge in [0.1, 0.15) is 17.0 Å². The number of hydrogen-bond donors (Lipinski definition) is 0. The van der Waals surface area contributed by atoms with Crippen LogP contribution in [0.4, 0.5) is 18.9 Å². The minimum absolute atomic E-state index is 0.115. The van der Waals surface area contributed by atoms with Gasteiger partial charge in [-0.25, -0.2) is 0 Å². The fourth-order valence-electron chi connectivity index (χ4n) is 4.06. The molecule has 0 saturated heterocycles. The highest BCUT2D eigenvalue weighted by Gasteiger charge is 2.34. The van der Waals surface area contributed by atoms with E-state index < -0.39 is 16.7 Å². The molecule has 0 spiro atoms. The smallest absolute Gasteiger partial charge is 0.418 e. The summed E-state index contributed by atoms with van der Waals surface area (Å²) in [6, 6.07) is 25.9. The Balaban J connectivity index is 1.62. The maximum Gasteiger partial charge on any atom is 0.418 e. The van der Waals surface area contributed by atoms with Crippen LogP contribution in [0.5, 0.6) is 11.5 Å². The third-order valence-electron chi connectivity index (χ3n) is 5.62. The summed E-state index contributed by atoms with van der Waals surface area (Å²) >= 11 is 0. The van der Waals surface area contributed by atoms with Gasteiger partial charge in [0, 0.05) is 17.0 Å². The fourth-order valence-corrected chi connectivity index (χ4v) is 4.06. The number of aromatic nitrogens is 2. The van der Waals surface area contributed by atoms with Gasteiger partial charge < -0.3 is 4.74 Å². The zero-order valence-corrected chi connectivity index (χ0v) is 18.6. The molecule has 180 valence electrons. The number of halogens is 3. The van der Waals surface area contributed by atoms with Crippen molar-refractivity contribution >= 4 is 16.6 Å². The molecule has 0 saturated carbocycles. The zero-order chi connectivity index (χ0) is 25.3. The number of alkyl halides is 3. The maximum atomic E-state index is 13.8. The van der Waals surface area contributed by atoms with E-state index in [1.165, 1.54) is 24.3 Å². The molecule has 0 aliphatic carbocycles. The standard InChI is InChI=1S/C27H18F3N3O3/c28-27(29,30)24-14-6-13-23-25(24)31-32(17-18-7-2-1-3-8-18)26(23)19-9-4-11-21(15-19)36-22-12-5-10-20(16-22)33(34)35/h1-16H,17H2. The lowest BCUT2D eigenvalue weighted by atomic mass is 10.0. The molecule has 0 unspecified atom stereocenters. The van der Waals surface area contributed by atoms with Crippen LogP contribution in [0, 0.1) is 10.1 Å². The molecule has 6 nitrogen and oxygen atoms in total. The molecule has 9 heteroatoms. The first kappa shape index (κ1) is 23.1. The first-order valence-electron chi connectivity index (χ1n) is 10.9. The fraction of sp³-hybridized carbons (Fsp3) is 0.0741. The Morgan fingerprint density at radius 1 is 0.861 bits per heavy atom. The van der Waals surface area contributed by atoms with Crippen molar-refractivity contribution in [2.24, 2.45) is 0 Å². The van der Waals surface area contributed by atoms with Gasteiger partial charge in [-0.05, 0) is 29.8 Å². The monoisotopic (exact) mass is 489 g/mol. The number of fused-ring (bicyclic) bond motifs is 1. The quantitative estimate of drug-likeness (QED) is 0.183. The molecule has 0 aliphatic rings. The zero-order valence-electron chi connectivity index (χ0n) is 18.6. The molecular weight excluding hydrogens is 471 g/mol. The largest absolute Gasteiger partial charge is 0.457 e. The van der Waals surface area contributed by atoms with Gasteiger partial charge in [-0.15, -0.1) is 0 Å². The normalized spacial score (nSPS) is 11.5. The highest BCUT2D eigenvalue weighted by molar-refractivity contribution is 5.95. The number of rotatable bonds is 6. The molecular formula is C27H18F3N3O3. The van der Waals surface area contributed by atoms with Crippen molar-refractivity contribution in [2.45, 2.75) is 12.7 Å². The Bertz CT molecular complexity index is 1560. The lowest BCUT2D eigenvalue weighted by molar-refractivity contribution is -0.384. The van der Waals surface area contributed by atoms with Crippen molar-refractivity contribution in [3.8, 4) is 22.8 Å². The second kappa shape index (κ2) is 9.18. The Morgan fingerprint density at radius 2 is 1.56 bits per heavy atom. The number of non-ortho nitro benzene ring substituents is 1. The lowest BCUT2D eigenvalue weighted by Gasteiger charge is -2.11. The minimum Gasteiger partial charge on any atom is -0.457 e. The summed E-state index contributed by atoms with van der Waals surface area (Å²) < 4.78 is 48.7. The number of hydrogen-bond acceptors (Lipinski definition) is 4. The van der Waals surface area contributed by atoms with Gasteiger partial charge in [-0.3, -0.25) is 14.8 Å². The average molecular weight is 489 g/mol. The third kappa shape index (κ3) is 4.63. The second-order valence-corrected chi connectivity index (χ2v) is 8.08. The van der Waals surface area contributed by atoms with E-state index in [-0.39, 0.29) is 23.5 Å². The van der Waals surface area contributed by atoms with E-state index in [9.17, 15) is 23.3 Å². The van der Waals surface area contributed by atoms with Crippen LogP contribution in [0.25, 0.3) is 22.2 Å². The van der Waals surface area contributed by atoms with Crippen LogP contribution < -0.4 is 4.74 Å². The average Bonchev–Trinajstić information content (AvgIpc) is 3.22. The molecule has 0 radical (unpaired) electrons. The van der Waals surface area contributed by atoms with E-state index in [0.29, 0.717) is 22.4 Å². The van der Waals surface area contributed by atoms with Crippen molar-refractivity contribution in [2.75, 3.05) is 0 Å². The van der Waals surface area contributed by atoms with Gasteiger partial charge in [-0.1, -0.05) is 60.7 Å². The van der Waals surface area contributed by atoms with Gasteiger partial charge in [0.2, 0.25) is 0 Å². The van der Waals surface area contributed by atoms with Crippen LogP contribution in [-0.4, -0.2) is 14.7 Å². The van der Waals surface area contributed by atoms with Crippen molar-refractivity contribution in [1.82, 2.24) is 9.78 Å². The Morgan fingerprint density at radius 3 is 2.28 bits per heavy atom. The predicted molar refractivity (Wildman–Crippen MR) is 129 cm³/mol. The summed E-state index contributed by atoms with van der Waals surface area (Å²) in [5, 5.41) is 15.8. The molecule has 1 aromatic heterocycles. The second-order valence-electron chi connectivity index (χ2n) is 8.08. The number of nitrogens with zero attached hydrogens (tertiary/aromatic N) is 3.